The molecule has 0 unspecified atom stereocenters. The summed E-state index contributed by atoms with van der Waals surface area (Å²) in [4.78, 5) is 11.8. The Balaban J connectivity index is 2.21. The Labute approximate surface area is 99.6 Å². The monoisotopic (exact) mass is 230 g/mol. The van der Waals surface area contributed by atoms with Crippen molar-refractivity contribution >= 4 is 11.6 Å². The smallest absolute Gasteiger partial charge is 0.294 e. The van der Waals surface area contributed by atoms with Crippen LogP contribution in [0.3, 0.4) is 0 Å². The Morgan fingerprint density at radius 1 is 1.24 bits per heavy atom. The minimum absolute atomic E-state index is 0.225. The Bertz CT molecular complexity index is 558. The first-order chi connectivity index (χ1) is 8.06. The zero-order valence-electron chi connectivity index (χ0n) is 10.1. The maximum absolute atomic E-state index is 11.8. The van der Waals surface area contributed by atoms with Crippen molar-refractivity contribution in [3.63, 3.8) is 0 Å². The van der Waals surface area contributed by atoms with Crippen LogP contribution in [0, 0.1) is 20.8 Å². The molecule has 0 fully saturated rings. The van der Waals surface area contributed by atoms with Gasteiger partial charge in [0.25, 0.3) is 5.91 Å². The van der Waals surface area contributed by atoms with Crippen molar-refractivity contribution in [2.45, 2.75) is 20.8 Å². The normalized spacial score (nSPS) is 10.3. The summed E-state index contributed by atoms with van der Waals surface area (Å²) in [6, 6.07) is 7.51. The van der Waals surface area contributed by atoms with Crippen molar-refractivity contribution in [2.75, 3.05) is 5.32 Å². The number of rotatable bonds is 2. The van der Waals surface area contributed by atoms with E-state index in [0.717, 1.165) is 16.8 Å². The van der Waals surface area contributed by atoms with Gasteiger partial charge in [0.15, 0.2) is 0 Å². The largest absolute Gasteiger partial charge is 0.351 e. The van der Waals surface area contributed by atoms with Crippen LogP contribution in [-0.4, -0.2) is 11.1 Å². The minimum Gasteiger partial charge on any atom is -0.351 e. The fraction of sp³-hybridized carbons (Fsp3) is 0.231. The van der Waals surface area contributed by atoms with Gasteiger partial charge in [0.1, 0.15) is 0 Å². The van der Waals surface area contributed by atoms with Gasteiger partial charge in [-0.3, -0.25) is 4.79 Å². The van der Waals surface area contributed by atoms with E-state index < -0.39 is 0 Å². The van der Waals surface area contributed by atoms with E-state index in [1.807, 2.05) is 32.0 Å². The van der Waals surface area contributed by atoms with Crippen molar-refractivity contribution in [3.05, 3.63) is 46.8 Å². The van der Waals surface area contributed by atoms with Gasteiger partial charge in [-0.2, -0.15) is 0 Å². The molecule has 1 aromatic heterocycles. The second kappa shape index (κ2) is 4.41. The van der Waals surface area contributed by atoms with Gasteiger partial charge in [0, 0.05) is 11.8 Å². The topological polar surface area (TPSA) is 55.1 Å². The summed E-state index contributed by atoms with van der Waals surface area (Å²) in [7, 11) is 0. The second-order valence-corrected chi connectivity index (χ2v) is 4.11. The summed E-state index contributed by atoms with van der Waals surface area (Å²) in [5.74, 6) is -0.0530. The second-order valence-electron chi connectivity index (χ2n) is 4.11. The third-order valence-electron chi connectivity index (χ3n) is 2.49. The first kappa shape index (κ1) is 11.4. The van der Waals surface area contributed by atoms with Crippen LogP contribution in [0.2, 0.25) is 0 Å². The molecule has 0 bridgehead atoms. The number of anilines is 1. The quantitative estimate of drug-likeness (QED) is 0.863. The van der Waals surface area contributed by atoms with Crippen LogP contribution < -0.4 is 5.32 Å². The molecule has 0 radical (unpaired) electrons. The van der Waals surface area contributed by atoms with Crippen molar-refractivity contribution < 1.29 is 9.32 Å². The summed E-state index contributed by atoms with van der Waals surface area (Å²) in [6.45, 7) is 5.70. The Hall–Kier alpha value is -2.10. The van der Waals surface area contributed by atoms with Gasteiger partial charge in [-0.05, 0) is 38.0 Å². The highest BCUT2D eigenvalue weighted by Gasteiger charge is 2.12. The Morgan fingerprint density at radius 2 is 2.00 bits per heavy atom. The summed E-state index contributed by atoms with van der Waals surface area (Å²) in [5.41, 5.74) is 3.60. The maximum Gasteiger partial charge on any atom is 0.294 e. The predicted molar refractivity (Wildman–Crippen MR) is 65.1 cm³/mol. The number of nitrogens with one attached hydrogen (secondary N) is 1. The summed E-state index contributed by atoms with van der Waals surface area (Å²) in [6.07, 6.45) is 0. The van der Waals surface area contributed by atoms with E-state index in [1.165, 1.54) is 0 Å². The van der Waals surface area contributed by atoms with E-state index >= 15 is 0 Å². The van der Waals surface area contributed by atoms with Crippen LogP contribution in [0.4, 0.5) is 5.69 Å². The van der Waals surface area contributed by atoms with Crippen LogP contribution in [0.25, 0.3) is 0 Å². The molecule has 4 heteroatoms. The van der Waals surface area contributed by atoms with Gasteiger partial charge >= 0.3 is 0 Å². The lowest BCUT2D eigenvalue weighted by Gasteiger charge is -2.07. The summed E-state index contributed by atoms with van der Waals surface area (Å²) >= 11 is 0. The highest BCUT2D eigenvalue weighted by molar-refractivity contribution is 6.02. The molecule has 2 rings (SSSR count). The van der Waals surface area contributed by atoms with Crippen LogP contribution in [0.1, 0.15) is 27.4 Å². The molecule has 88 valence electrons. The fourth-order valence-corrected chi connectivity index (χ4v) is 1.53. The van der Waals surface area contributed by atoms with Crippen molar-refractivity contribution in [3.8, 4) is 0 Å². The molecular formula is C13H14N2O2. The number of hydrogen-bond acceptors (Lipinski definition) is 3. The molecule has 0 saturated heterocycles. The number of aromatic nitrogens is 1. The highest BCUT2D eigenvalue weighted by Crippen LogP contribution is 2.17. The predicted octanol–water partition coefficient (Wildman–Crippen LogP) is 2.85. The molecule has 1 aromatic carbocycles. The molecule has 17 heavy (non-hydrogen) atoms. The number of nitrogens with zero attached hydrogens (tertiary/aromatic N) is 1. The zero-order valence-corrected chi connectivity index (χ0v) is 10.1. The molecule has 0 spiro atoms. The SMILES string of the molecule is Cc1ccc(C)c(NC(=O)c2cc(C)no2)c1. The van der Waals surface area contributed by atoms with E-state index in [2.05, 4.69) is 10.5 Å². The molecular weight excluding hydrogens is 216 g/mol. The lowest BCUT2D eigenvalue weighted by molar-refractivity contribution is 0.0988. The van der Waals surface area contributed by atoms with Crippen LogP contribution >= 0.6 is 0 Å². The van der Waals surface area contributed by atoms with Gasteiger partial charge < -0.3 is 9.84 Å². The van der Waals surface area contributed by atoms with Crippen molar-refractivity contribution in [2.24, 2.45) is 0 Å². The molecule has 1 amide bonds. The molecule has 2 aromatic rings. The van der Waals surface area contributed by atoms with Crippen LogP contribution in [-0.2, 0) is 0 Å². The number of carbonyl (C=O) groups excluding carboxylic acids is 1. The third kappa shape index (κ3) is 2.53. The molecule has 4 nitrogen and oxygen atoms in total. The lowest BCUT2D eigenvalue weighted by atomic mass is 10.1. The number of aryl methyl sites for hydroxylation is 3. The number of hydrogen-bond donors (Lipinski definition) is 1. The molecule has 0 saturated carbocycles. The fourth-order valence-electron chi connectivity index (χ4n) is 1.53. The minimum atomic E-state index is -0.278. The average Bonchev–Trinajstić information content (AvgIpc) is 2.70. The average molecular weight is 230 g/mol. The number of benzene rings is 1. The first-order valence-electron chi connectivity index (χ1n) is 5.38. The van der Waals surface area contributed by atoms with Gasteiger partial charge in [0.05, 0.1) is 5.69 Å². The maximum atomic E-state index is 11.8. The standard InChI is InChI=1S/C13H14N2O2/c1-8-4-5-9(2)11(6-8)14-13(16)12-7-10(3)15-17-12/h4-7H,1-3H3,(H,14,16). The van der Waals surface area contributed by atoms with Gasteiger partial charge in [-0.25, -0.2) is 0 Å². The molecule has 1 heterocycles. The van der Waals surface area contributed by atoms with E-state index in [1.54, 1.807) is 13.0 Å². The third-order valence-corrected chi connectivity index (χ3v) is 2.49. The molecule has 0 atom stereocenters. The highest BCUT2D eigenvalue weighted by atomic mass is 16.5. The van der Waals surface area contributed by atoms with Crippen molar-refractivity contribution in [1.82, 2.24) is 5.16 Å². The lowest BCUT2D eigenvalue weighted by Crippen LogP contribution is -2.12. The van der Waals surface area contributed by atoms with Gasteiger partial charge in [-0.1, -0.05) is 17.3 Å². The first-order valence-corrected chi connectivity index (χ1v) is 5.38. The van der Waals surface area contributed by atoms with E-state index in [9.17, 15) is 4.79 Å². The Kier molecular flexibility index (Phi) is 2.95. The molecule has 1 N–H and O–H groups in total. The van der Waals surface area contributed by atoms with Crippen LogP contribution in [0.15, 0.2) is 28.8 Å². The van der Waals surface area contributed by atoms with E-state index in [4.69, 9.17) is 4.52 Å². The molecule has 0 aliphatic heterocycles. The molecule has 0 aliphatic rings. The number of carbonyl (C=O) groups is 1. The van der Waals surface area contributed by atoms with Gasteiger partial charge in [-0.15, -0.1) is 0 Å². The van der Waals surface area contributed by atoms with Crippen LogP contribution in [0.5, 0.6) is 0 Å². The summed E-state index contributed by atoms with van der Waals surface area (Å²) < 4.78 is 4.91. The Morgan fingerprint density at radius 3 is 2.65 bits per heavy atom. The number of amides is 1. The van der Waals surface area contributed by atoms with E-state index in [0.29, 0.717) is 5.69 Å². The van der Waals surface area contributed by atoms with E-state index in [-0.39, 0.29) is 11.7 Å². The summed E-state index contributed by atoms with van der Waals surface area (Å²) in [5, 5.41) is 6.49. The zero-order chi connectivity index (χ0) is 12.4. The molecule has 0 aliphatic carbocycles. The van der Waals surface area contributed by atoms with Gasteiger partial charge in [0.2, 0.25) is 5.76 Å². The van der Waals surface area contributed by atoms with Crippen molar-refractivity contribution in [1.29, 1.82) is 0 Å².